The minimum Gasteiger partial charge on any atom is -0.480 e. The molecule has 24 heavy (non-hydrogen) atoms. The van der Waals surface area contributed by atoms with Crippen molar-refractivity contribution in [2.24, 2.45) is 0 Å². The lowest BCUT2D eigenvalue weighted by Crippen LogP contribution is -2.43. The molecule has 0 saturated heterocycles. The Morgan fingerprint density at radius 1 is 1.21 bits per heavy atom. The standard InChI is InChI=1S/C16H21ClN2O5/c1-10(20)18-14(11-3-5-12(17)6-4-11)9-15(21)19-13(16(22)23)7-8-24-2/h3-6,13-14H,7-9H2,1-2H3,(H,18,20)(H,19,21)(H,22,23). The third kappa shape index (κ3) is 6.97. The van der Waals surface area contributed by atoms with E-state index in [1.807, 2.05) is 0 Å². The maximum atomic E-state index is 12.2. The molecule has 2 atom stereocenters. The molecular weight excluding hydrogens is 336 g/mol. The summed E-state index contributed by atoms with van der Waals surface area (Å²) in [6.45, 7) is 1.56. The lowest BCUT2D eigenvalue weighted by atomic mass is 10.0. The van der Waals surface area contributed by atoms with Crippen LogP contribution in [0.1, 0.15) is 31.4 Å². The molecule has 2 unspecified atom stereocenters. The molecule has 0 aromatic heterocycles. The van der Waals surface area contributed by atoms with E-state index < -0.39 is 24.0 Å². The fraction of sp³-hybridized carbons (Fsp3) is 0.438. The summed E-state index contributed by atoms with van der Waals surface area (Å²) in [6, 6.07) is 5.10. The van der Waals surface area contributed by atoms with Gasteiger partial charge in [0.15, 0.2) is 0 Å². The van der Waals surface area contributed by atoms with Crippen LogP contribution < -0.4 is 10.6 Å². The Morgan fingerprint density at radius 3 is 2.33 bits per heavy atom. The molecule has 1 aromatic carbocycles. The average Bonchev–Trinajstić information content (AvgIpc) is 2.50. The molecule has 0 bridgehead atoms. The fourth-order valence-electron chi connectivity index (χ4n) is 2.12. The molecule has 1 aromatic rings. The molecule has 1 rings (SSSR count). The first kappa shape index (κ1) is 19.9. The van der Waals surface area contributed by atoms with Gasteiger partial charge in [-0.25, -0.2) is 4.79 Å². The molecule has 0 saturated carbocycles. The summed E-state index contributed by atoms with van der Waals surface area (Å²) in [7, 11) is 1.45. The van der Waals surface area contributed by atoms with Gasteiger partial charge in [0.05, 0.1) is 12.5 Å². The van der Waals surface area contributed by atoms with Crippen molar-refractivity contribution < 1.29 is 24.2 Å². The monoisotopic (exact) mass is 356 g/mol. The molecule has 132 valence electrons. The molecule has 8 heteroatoms. The van der Waals surface area contributed by atoms with Crippen LogP contribution in [0.4, 0.5) is 0 Å². The molecule has 0 spiro atoms. The van der Waals surface area contributed by atoms with E-state index in [9.17, 15) is 14.4 Å². The zero-order chi connectivity index (χ0) is 18.1. The van der Waals surface area contributed by atoms with Gasteiger partial charge in [-0.3, -0.25) is 9.59 Å². The summed E-state index contributed by atoms with van der Waals surface area (Å²) >= 11 is 5.84. The number of nitrogens with one attached hydrogen (secondary N) is 2. The van der Waals surface area contributed by atoms with Crippen molar-refractivity contribution in [3.63, 3.8) is 0 Å². The van der Waals surface area contributed by atoms with E-state index in [0.29, 0.717) is 10.6 Å². The number of carboxylic acids is 1. The van der Waals surface area contributed by atoms with E-state index in [1.54, 1.807) is 24.3 Å². The van der Waals surface area contributed by atoms with Crippen molar-refractivity contribution >= 4 is 29.4 Å². The number of halogens is 1. The molecule has 0 heterocycles. The van der Waals surface area contributed by atoms with Crippen LogP contribution in [-0.4, -0.2) is 42.6 Å². The van der Waals surface area contributed by atoms with Crippen molar-refractivity contribution in [3.8, 4) is 0 Å². The Labute approximate surface area is 145 Å². The largest absolute Gasteiger partial charge is 0.480 e. The lowest BCUT2D eigenvalue weighted by molar-refractivity contribution is -0.142. The smallest absolute Gasteiger partial charge is 0.326 e. The van der Waals surface area contributed by atoms with Crippen LogP contribution in [0.5, 0.6) is 0 Å². The first-order chi connectivity index (χ1) is 11.3. The number of carboxylic acid groups (broad SMARTS) is 1. The van der Waals surface area contributed by atoms with Crippen molar-refractivity contribution in [3.05, 3.63) is 34.9 Å². The van der Waals surface area contributed by atoms with Crippen LogP contribution in [0, 0.1) is 0 Å². The van der Waals surface area contributed by atoms with E-state index in [1.165, 1.54) is 14.0 Å². The predicted octanol–water partition coefficient (Wildman–Crippen LogP) is 1.51. The van der Waals surface area contributed by atoms with Gasteiger partial charge in [-0.2, -0.15) is 0 Å². The van der Waals surface area contributed by atoms with Crippen LogP contribution in [-0.2, 0) is 19.1 Å². The lowest BCUT2D eigenvalue weighted by Gasteiger charge is -2.20. The molecule has 0 fully saturated rings. The van der Waals surface area contributed by atoms with Crippen molar-refractivity contribution in [2.75, 3.05) is 13.7 Å². The van der Waals surface area contributed by atoms with Crippen molar-refractivity contribution in [1.29, 1.82) is 0 Å². The summed E-state index contributed by atoms with van der Waals surface area (Å²) in [5, 5.41) is 14.8. The van der Waals surface area contributed by atoms with E-state index in [-0.39, 0.29) is 25.4 Å². The zero-order valence-electron chi connectivity index (χ0n) is 13.5. The first-order valence-corrected chi connectivity index (χ1v) is 7.75. The van der Waals surface area contributed by atoms with Crippen molar-refractivity contribution in [2.45, 2.75) is 31.8 Å². The Morgan fingerprint density at radius 2 is 1.83 bits per heavy atom. The van der Waals surface area contributed by atoms with Crippen LogP contribution in [0.2, 0.25) is 5.02 Å². The molecule has 0 aliphatic heterocycles. The summed E-state index contributed by atoms with van der Waals surface area (Å²) in [4.78, 5) is 34.7. The second kappa shape index (κ2) is 9.89. The molecular formula is C16H21ClN2O5. The number of rotatable bonds is 9. The number of carbonyl (C=O) groups excluding carboxylic acids is 2. The zero-order valence-corrected chi connectivity index (χ0v) is 14.3. The van der Waals surface area contributed by atoms with Crippen LogP contribution in [0.25, 0.3) is 0 Å². The second-order valence-corrected chi connectivity index (χ2v) is 5.69. The van der Waals surface area contributed by atoms with Crippen LogP contribution in [0.15, 0.2) is 24.3 Å². The highest BCUT2D eigenvalue weighted by Gasteiger charge is 2.23. The molecule has 2 amide bonds. The Kier molecular flexibility index (Phi) is 8.21. The number of carbonyl (C=O) groups is 3. The Bertz CT molecular complexity index is 576. The SMILES string of the molecule is COCCC(NC(=O)CC(NC(C)=O)c1ccc(Cl)cc1)C(=O)O. The molecule has 0 aliphatic rings. The second-order valence-electron chi connectivity index (χ2n) is 5.25. The highest BCUT2D eigenvalue weighted by molar-refractivity contribution is 6.30. The maximum Gasteiger partial charge on any atom is 0.326 e. The Balaban J connectivity index is 2.77. The van der Waals surface area contributed by atoms with E-state index in [4.69, 9.17) is 21.4 Å². The van der Waals surface area contributed by atoms with E-state index in [2.05, 4.69) is 10.6 Å². The van der Waals surface area contributed by atoms with Gasteiger partial charge in [0.1, 0.15) is 6.04 Å². The number of methoxy groups -OCH3 is 1. The van der Waals surface area contributed by atoms with Gasteiger partial charge in [-0.05, 0) is 17.7 Å². The summed E-state index contributed by atoms with van der Waals surface area (Å²) in [6.07, 6.45) is 0.0707. The molecule has 7 nitrogen and oxygen atoms in total. The number of hydrogen-bond acceptors (Lipinski definition) is 4. The predicted molar refractivity (Wildman–Crippen MR) is 88.7 cm³/mol. The minimum absolute atomic E-state index is 0.0853. The number of ether oxygens (including phenoxy) is 1. The van der Waals surface area contributed by atoms with Gasteiger partial charge in [0.2, 0.25) is 11.8 Å². The van der Waals surface area contributed by atoms with Gasteiger partial charge < -0.3 is 20.5 Å². The fourth-order valence-corrected chi connectivity index (χ4v) is 2.25. The third-order valence-electron chi connectivity index (χ3n) is 3.28. The highest BCUT2D eigenvalue weighted by atomic mass is 35.5. The summed E-state index contributed by atoms with van der Waals surface area (Å²) in [5.41, 5.74) is 0.702. The molecule has 3 N–H and O–H groups in total. The number of amides is 2. The number of aliphatic carboxylic acids is 1. The topological polar surface area (TPSA) is 105 Å². The third-order valence-corrected chi connectivity index (χ3v) is 3.54. The van der Waals surface area contributed by atoms with Gasteiger partial charge in [-0.1, -0.05) is 23.7 Å². The number of benzene rings is 1. The Hall–Kier alpha value is -2.12. The minimum atomic E-state index is -1.14. The molecule has 0 radical (unpaired) electrons. The normalized spacial score (nSPS) is 13.0. The van der Waals surface area contributed by atoms with E-state index >= 15 is 0 Å². The van der Waals surface area contributed by atoms with Crippen molar-refractivity contribution in [1.82, 2.24) is 10.6 Å². The van der Waals surface area contributed by atoms with E-state index in [0.717, 1.165) is 0 Å². The van der Waals surface area contributed by atoms with Gasteiger partial charge in [0, 0.05) is 32.1 Å². The summed E-state index contributed by atoms with van der Waals surface area (Å²) < 4.78 is 4.83. The molecule has 0 aliphatic carbocycles. The first-order valence-electron chi connectivity index (χ1n) is 7.37. The van der Waals surface area contributed by atoms with Gasteiger partial charge >= 0.3 is 5.97 Å². The van der Waals surface area contributed by atoms with Crippen LogP contribution in [0.3, 0.4) is 0 Å². The van der Waals surface area contributed by atoms with Crippen LogP contribution >= 0.6 is 11.6 Å². The van der Waals surface area contributed by atoms with Gasteiger partial charge in [-0.15, -0.1) is 0 Å². The maximum absolute atomic E-state index is 12.2. The summed E-state index contributed by atoms with van der Waals surface area (Å²) in [5.74, 6) is -1.91. The quantitative estimate of drug-likeness (QED) is 0.622. The highest BCUT2D eigenvalue weighted by Crippen LogP contribution is 2.19. The number of hydrogen-bond donors (Lipinski definition) is 3. The average molecular weight is 357 g/mol. The van der Waals surface area contributed by atoms with Gasteiger partial charge in [0.25, 0.3) is 0 Å².